The summed E-state index contributed by atoms with van der Waals surface area (Å²) in [7, 11) is 0. The van der Waals surface area contributed by atoms with Crippen LogP contribution in [-0.2, 0) is 6.42 Å². The first-order valence-corrected chi connectivity index (χ1v) is 8.10. The van der Waals surface area contributed by atoms with Gasteiger partial charge in [-0.15, -0.1) is 0 Å². The molecule has 0 spiro atoms. The van der Waals surface area contributed by atoms with Crippen LogP contribution in [0.5, 0.6) is 5.75 Å². The molecule has 0 saturated heterocycles. The average Bonchev–Trinajstić information content (AvgIpc) is 2.49. The highest BCUT2D eigenvalue weighted by Gasteiger charge is 2.26. The third kappa shape index (κ3) is 2.74. The number of Topliss-reactive ketones (excluding diaryl/α,β-unsaturated/α-hetero) is 1. The Morgan fingerprint density at radius 1 is 1.15 bits per heavy atom. The highest BCUT2D eigenvalue weighted by atomic mass is 16.5. The molecule has 1 aromatic rings. The van der Waals surface area contributed by atoms with Gasteiger partial charge in [-0.3, -0.25) is 4.79 Å². The molecule has 2 aliphatic rings. The molecule has 3 rings (SSSR count). The molecule has 0 amide bonds. The predicted octanol–water partition coefficient (Wildman–Crippen LogP) is 4.55. The average molecular weight is 272 g/mol. The van der Waals surface area contributed by atoms with Crippen LogP contribution in [0, 0.1) is 5.92 Å². The van der Waals surface area contributed by atoms with E-state index in [0.29, 0.717) is 18.4 Å². The number of hydrogen-bond acceptors (Lipinski definition) is 2. The summed E-state index contributed by atoms with van der Waals surface area (Å²) in [5.74, 6) is 1.85. The molecule has 1 aromatic carbocycles. The van der Waals surface area contributed by atoms with E-state index in [1.54, 1.807) is 0 Å². The number of ether oxygens (including phenoxy) is 1. The number of rotatable bonds is 3. The molecule has 2 heteroatoms. The number of carbonyl (C=O) groups excluding carboxylic acids is 1. The van der Waals surface area contributed by atoms with Crippen LogP contribution in [0.15, 0.2) is 18.2 Å². The van der Waals surface area contributed by atoms with Crippen molar-refractivity contribution >= 4 is 5.78 Å². The van der Waals surface area contributed by atoms with Crippen LogP contribution in [0.4, 0.5) is 0 Å². The van der Waals surface area contributed by atoms with Crippen LogP contribution in [0.1, 0.15) is 67.8 Å². The lowest BCUT2D eigenvalue weighted by Gasteiger charge is -2.31. The van der Waals surface area contributed by atoms with Gasteiger partial charge in [0.05, 0.1) is 0 Å². The van der Waals surface area contributed by atoms with Gasteiger partial charge in [-0.1, -0.05) is 19.4 Å². The Hall–Kier alpha value is -1.31. The number of carbonyl (C=O) groups is 1. The first-order valence-electron chi connectivity index (χ1n) is 8.10. The fourth-order valence-corrected chi connectivity index (χ4v) is 3.65. The van der Waals surface area contributed by atoms with Gasteiger partial charge in [-0.05, 0) is 62.1 Å². The molecule has 0 radical (unpaired) electrons. The summed E-state index contributed by atoms with van der Waals surface area (Å²) in [6.07, 6.45) is 9.28. The third-order valence-corrected chi connectivity index (χ3v) is 4.88. The topological polar surface area (TPSA) is 26.3 Å². The van der Waals surface area contributed by atoms with E-state index < -0.39 is 0 Å². The van der Waals surface area contributed by atoms with Gasteiger partial charge in [-0.2, -0.15) is 0 Å². The summed E-state index contributed by atoms with van der Waals surface area (Å²) in [4.78, 5) is 12.0. The number of benzene rings is 1. The van der Waals surface area contributed by atoms with Crippen LogP contribution in [0.25, 0.3) is 0 Å². The van der Waals surface area contributed by atoms with Crippen molar-refractivity contribution in [2.24, 2.45) is 5.92 Å². The largest absolute Gasteiger partial charge is 0.490 e. The van der Waals surface area contributed by atoms with Gasteiger partial charge in [0.1, 0.15) is 11.9 Å². The standard InChI is InChI=1S/C18H24O2/c1-2-13-6-3-4-9-18(13)20-15-11-10-14-7-5-8-17(19)16(14)12-15/h10-13,18H,2-9H2,1H3. The molecule has 1 fully saturated rings. The second kappa shape index (κ2) is 5.99. The van der Waals surface area contributed by atoms with Crippen molar-refractivity contribution in [3.05, 3.63) is 29.3 Å². The van der Waals surface area contributed by atoms with E-state index in [4.69, 9.17) is 4.74 Å². The molecule has 0 bridgehead atoms. The minimum atomic E-state index is 0.285. The van der Waals surface area contributed by atoms with Gasteiger partial charge in [-0.25, -0.2) is 0 Å². The lowest BCUT2D eigenvalue weighted by molar-refractivity contribution is 0.0894. The normalized spacial score (nSPS) is 26.1. The second-order valence-electron chi connectivity index (χ2n) is 6.20. The minimum Gasteiger partial charge on any atom is -0.490 e. The maximum Gasteiger partial charge on any atom is 0.163 e. The van der Waals surface area contributed by atoms with Crippen LogP contribution in [0.3, 0.4) is 0 Å². The molecule has 0 aliphatic heterocycles. The molecule has 0 heterocycles. The summed E-state index contributed by atoms with van der Waals surface area (Å²) >= 11 is 0. The molecule has 108 valence electrons. The molecule has 2 aliphatic carbocycles. The Kier molecular flexibility index (Phi) is 4.09. The van der Waals surface area contributed by atoms with Crippen LogP contribution >= 0.6 is 0 Å². The minimum absolute atomic E-state index is 0.285. The van der Waals surface area contributed by atoms with Gasteiger partial charge < -0.3 is 4.74 Å². The van der Waals surface area contributed by atoms with Gasteiger partial charge in [0.25, 0.3) is 0 Å². The van der Waals surface area contributed by atoms with Crippen molar-refractivity contribution in [3.63, 3.8) is 0 Å². The Balaban J connectivity index is 1.77. The lowest BCUT2D eigenvalue weighted by atomic mass is 9.84. The van der Waals surface area contributed by atoms with Crippen LogP contribution in [-0.4, -0.2) is 11.9 Å². The Labute approximate surface area is 121 Å². The van der Waals surface area contributed by atoms with Gasteiger partial charge in [0.2, 0.25) is 0 Å². The Morgan fingerprint density at radius 2 is 2.00 bits per heavy atom. The zero-order valence-corrected chi connectivity index (χ0v) is 12.4. The third-order valence-electron chi connectivity index (χ3n) is 4.88. The van der Waals surface area contributed by atoms with E-state index in [1.807, 2.05) is 6.07 Å². The highest BCUT2D eigenvalue weighted by Crippen LogP contribution is 2.32. The smallest absolute Gasteiger partial charge is 0.163 e. The van der Waals surface area contributed by atoms with Gasteiger partial charge >= 0.3 is 0 Å². The van der Waals surface area contributed by atoms with E-state index in [0.717, 1.165) is 30.6 Å². The summed E-state index contributed by atoms with van der Waals surface area (Å²) in [5, 5.41) is 0. The number of ketones is 1. The summed E-state index contributed by atoms with van der Waals surface area (Å²) < 4.78 is 6.22. The number of aryl methyl sites for hydroxylation is 1. The van der Waals surface area contributed by atoms with Crippen molar-refractivity contribution in [2.75, 3.05) is 0 Å². The molecular formula is C18H24O2. The van der Waals surface area contributed by atoms with Crippen LogP contribution < -0.4 is 4.74 Å². The van der Waals surface area contributed by atoms with Gasteiger partial charge in [0, 0.05) is 12.0 Å². The number of fused-ring (bicyclic) bond motifs is 1. The SMILES string of the molecule is CCC1CCCCC1Oc1ccc2c(c1)C(=O)CCC2. The van der Waals surface area contributed by atoms with E-state index in [9.17, 15) is 4.79 Å². The van der Waals surface area contributed by atoms with Crippen molar-refractivity contribution in [2.45, 2.75) is 64.4 Å². The Bertz CT molecular complexity index is 492. The molecule has 0 aromatic heterocycles. The predicted molar refractivity (Wildman–Crippen MR) is 80.4 cm³/mol. The van der Waals surface area contributed by atoms with E-state index in [-0.39, 0.29) is 5.78 Å². The monoisotopic (exact) mass is 272 g/mol. The first-order chi connectivity index (χ1) is 9.78. The summed E-state index contributed by atoms with van der Waals surface area (Å²) in [6.45, 7) is 2.25. The number of hydrogen-bond donors (Lipinski definition) is 0. The molecule has 20 heavy (non-hydrogen) atoms. The van der Waals surface area contributed by atoms with Crippen molar-refractivity contribution in [1.82, 2.24) is 0 Å². The molecule has 2 nitrogen and oxygen atoms in total. The fourth-order valence-electron chi connectivity index (χ4n) is 3.65. The highest BCUT2D eigenvalue weighted by molar-refractivity contribution is 5.98. The fraction of sp³-hybridized carbons (Fsp3) is 0.611. The molecule has 2 unspecified atom stereocenters. The maximum atomic E-state index is 12.0. The van der Waals surface area contributed by atoms with Crippen molar-refractivity contribution < 1.29 is 9.53 Å². The molecule has 1 saturated carbocycles. The Morgan fingerprint density at radius 3 is 2.85 bits per heavy atom. The summed E-state index contributed by atoms with van der Waals surface area (Å²) in [5.41, 5.74) is 2.10. The van der Waals surface area contributed by atoms with E-state index >= 15 is 0 Å². The van der Waals surface area contributed by atoms with Crippen molar-refractivity contribution in [1.29, 1.82) is 0 Å². The van der Waals surface area contributed by atoms with Gasteiger partial charge in [0.15, 0.2) is 5.78 Å². The molecule has 0 N–H and O–H groups in total. The maximum absolute atomic E-state index is 12.0. The van der Waals surface area contributed by atoms with E-state index in [2.05, 4.69) is 19.1 Å². The first kappa shape index (κ1) is 13.7. The molecular weight excluding hydrogens is 248 g/mol. The lowest BCUT2D eigenvalue weighted by Crippen LogP contribution is -2.30. The summed E-state index contributed by atoms with van der Waals surface area (Å²) in [6, 6.07) is 6.13. The quantitative estimate of drug-likeness (QED) is 0.806. The van der Waals surface area contributed by atoms with E-state index in [1.165, 1.54) is 31.2 Å². The molecule has 2 atom stereocenters. The van der Waals surface area contributed by atoms with Crippen LogP contribution in [0.2, 0.25) is 0 Å². The zero-order chi connectivity index (χ0) is 13.9. The zero-order valence-electron chi connectivity index (χ0n) is 12.4. The second-order valence-corrected chi connectivity index (χ2v) is 6.20. The van der Waals surface area contributed by atoms with Crippen molar-refractivity contribution in [3.8, 4) is 5.75 Å².